The van der Waals surface area contributed by atoms with E-state index in [0.717, 1.165) is 11.0 Å². The van der Waals surface area contributed by atoms with Crippen LogP contribution in [0.5, 0.6) is 0 Å². The number of aromatic nitrogens is 2. The Kier molecular flexibility index (Phi) is 2.59. The van der Waals surface area contributed by atoms with Gasteiger partial charge in [-0.05, 0) is 32.0 Å². The minimum Gasteiger partial charge on any atom is -0.451 e. The van der Waals surface area contributed by atoms with Crippen LogP contribution >= 0.6 is 11.6 Å². The molecule has 3 aromatic rings. The number of aryl methyl sites for hydroxylation is 1. The van der Waals surface area contributed by atoms with Crippen LogP contribution in [0.3, 0.4) is 0 Å². The second-order valence-electron chi connectivity index (χ2n) is 4.21. The molecule has 0 N–H and O–H groups in total. The van der Waals surface area contributed by atoms with Gasteiger partial charge in [0, 0.05) is 5.39 Å². The molecule has 0 amide bonds. The van der Waals surface area contributed by atoms with E-state index in [1.807, 2.05) is 31.2 Å². The molecule has 3 rings (SSSR count). The van der Waals surface area contributed by atoms with Crippen LogP contribution in [-0.2, 0) is 0 Å². The van der Waals surface area contributed by atoms with Gasteiger partial charge < -0.3 is 8.83 Å². The summed E-state index contributed by atoms with van der Waals surface area (Å²) >= 11 is 5.88. The predicted octanol–water partition coefficient (Wildman–Crippen LogP) is 4.09. The van der Waals surface area contributed by atoms with E-state index in [9.17, 15) is 0 Å². The molecule has 1 atom stereocenters. The third-order valence-corrected chi connectivity index (χ3v) is 2.85. The van der Waals surface area contributed by atoms with E-state index in [0.29, 0.717) is 17.5 Å². The molecule has 92 valence electrons. The van der Waals surface area contributed by atoms with Gasteiger partial charge in [-0.2, -0.15) is 0 Å². The quantitative estimate of drug-likeness (QED) is 0.653. The van der Waals surface area contributed by atoms with Gasteiger partial charge in [0.1, 0.15) is 11.0 Å². The van der Waals surface area contributed by atoms with E-state index in [1.165, 1.54) is 5.56 Å². The van der Waals surface area contributed by atoms with Crippen molar-refractivity contribution in [3.8, 4) is 11.7 Å². The first-order valence-corrected chi connectivity index (χ1v) is 6.05. The van der Waals surface area contributed by atoms with Crippen LogP contribution in [0.1, 0.15) is 23.8 Å². The Hall–Kier alpha value is -1.81. The molecule has 2 heterocycles. The molecule has 0 radical (unpaired) electrons. The van der Waals surface area contributed by atoms with Crippen LogP contribution in [0.25, 0.3) is 22.6 Å². The fraction of sp³-hybridized carbons (Fsp3) is 0.231. The van der Waals surface area contributed by atoms with Crippen molar-refractivity contribution in [1.29, 1.82) is 0 Å². The highest BCUT2D eigenvalue weighted by Gasteiger charge is 2.16. The normalized spacial score (nSPS) is 13.1. The Bertz CT molecular complexity index is 700. The molecule has 0 aliphatic rings. The highest BCUT2D eigenvalue weighted by Crippen LogP contribution is 2.29. The third kappa shape index (κ3) is 1.88. The van der Waals surface area contributed by atoms with Crippen molar-refractivity contribution in [1.82, 2.24) is 10.2 Å². The van der Waals surface area contributed by atoms with E-state index < -0.39 is 0 Å². The van der Waals surface area contributed by atoms with Gasteiger partial charge in [-0.3, -0.25) is 0 Å². The molecule has 0 aliphatic carbocycles. The van der Waals surface area contributed by atoms with Crippen LogP contribution in [0.15, 0.2) is 33.1 Å². The van der Waals surface area contributed by atoms with E-state index in [4.69, 9.17) is 20.4 Å². The van der Waals surface area contributed by atoms with Crippen molar-refractivity contribution >= 4 is 22.6 Å². The van der Waals surface area contributed by atoms with Crippen LogP contribution in [-0.4, -0.2) is 10.2 Å². The van der Waals surface area contributed by atoms with Gasteiger partial charge in [0.05, 0.1) is 0 Å². The van der Waals surface area contributed by atoms with Crippen molar-refractivity contribution in [2.24, 2.45) is 0 Å². The monoisotopic (exact) mass is 262 g/mol. The topological polar surface area (TPSA) is 52.1 Å². The summed E-state index contributed by atoms with van der Waals surface area (Å²) in [6.07, 6.45) is 0. The number of alkyl halides is 1. The van der Waals surface area contributed by atoms with E-state index in [-0.39, 0.29) is 5.38 Å². The molecule has 1 aromatic carbocycles. The maximum Gasteiger partial charge on any atom is 0.283 e. The SMILES string of the molecule is Cc1ccc2oc(-c3nnc(C(C)Cl)o3)cc2c1. The average molecular weight is 263 g/mol. The maximum absolute atomic E-state index is 5.88. The lowest BCUT2D eigenvalue weighted by atomic mass is 10.2. The molecule has 2 aromatic heterocycles. The number of benzene rings is 1. The first-order valence-electron chi connectivity index (χ1n) is 5.61. The lowest BCUT2D eigenvalue weighted by Gasteiger charge is -1.91. The molecule has 0 saturated heterocycles. The smallest absolute Gasteiger partial charge is 0.283 e. The van der Waals surface area contributed by atoms with Gasteiger partial charge in [-0.1, -0.05) is 11.6 Å². The average Bonchev–Trinajstić information content (AvgIpc) is 2.93. The number of halogens is 1. The van der Waals surface area contributed by atoms with E-state index >= 15 is 0 Å². The second kappa shape index (κ2) is 4.14. The fourth-order valence-electron chi connectivity index (χ4n) is 1.76. The molecule has 0 aliphatic heterocycles. The Morgan fingerprint density at radius 1 is 1.17 bits per heavy atom. The van der Waals surface area contributed by atoms with Gasteiger partial charge in [-0.25, -0.2) is 0 Å². The Morgan fingerprint density at radius 3 is 2.72 bits per heavy atom. The summed E-state index contributed by atoms with van der Waals surface area (Å²) in [6.45, 7) is 3.81. The summed E-state index contributed by atoms with van der Waals surface area (Å²) in [4.78, 5) is 0. The van der Waals surface area contributed by atoms with Crippen LogP contribution < -0.4 is 0 Å². The number of hydrogen-bond donors (Lipinski definition) is 0. The predicted molar refractivity (Wildman–Crippen MR) is 68.5 cm³/mol. The molecule has 0 bridgehead atoms. The van der Waals surface area contributed by atoms with Crippen LogP contribution in [0.4, 0.5) is 0 Å². The molecule has 18 heavy (non-hydrogen) atoms. The minimum absolute atomic E-state index is 0.308. The number of rotatable bonds is 2. The molecule has 0 saturated carbocycles. The summed E-state index contributed by atoms with van der Waals surface area (Å²) in [5.74, 6) is 1.31. The highest BCUT2D eigenvalue weighted by atomic mass is 35.5. The van der Waals surface area contributed by atoms with Crippen LogP contribution in [0, 0.1) is 6.92 Å². The molecule has 4 nitrogen and oxygen atoms in total. The standard InChI is InChI=1S/C13H11ClN2O2/c1-7-3-4-10-9(5-7)6-11(17-10)13-16-15-12(18-13)8(2)14/h3-6,8H,1-2H3. The third-order valence-electron chi connectivity index (χ3n) is 2.66. The molecule has 1 unspecified atom stereocenters. The number of furan rings is 1. The summed E-state index contributed by atoms with van der Waals surface area (Å²) in [7, 11) is 0. The first kappa shape index (κ1) is 11.3. The summed E-state index contributed by atoms with van der Waals surface area (Å²) in [5, 5.41) is 8.51. The summed E-state index contributed by atoms with van der Waals surface area (Å²) in [5.41, 5.74) is 1.98. The lowest BCUT2D eigenvalue weighted by Crippen LogP contribution is -1.81. The number of nitrogens with zero attached hydrogens (tertiary/aromatic N) is 2. The fourth-order valence-corrected chi connectivity index (χ4v) is 1.85. The largest absolute Gasteiger partial charge is 0.451 e. The van der Waals surface area contributed by atoms with Crippen LogP contribution in [0.2, 0.25) is 0 Å². The number of hydrogen-bond acceptors (Lipinski definition) is 4. The molecular formula is C13H11ClN2O2. The van der Waals surface area contributed by atoms with Crippen molar-refractivity contribution in [3.05, 3.63) is 35.7 Å². The van der Waals surface area contributed by atoms with Gasteiger partial charge in [0.15, 0.2) is 5.76 Å². The van der Waals surface area contributed by atoms with Crippen molar-refractivity contribution in [2.75, 3.05) is 0 Å². The van der Waals surface area contributed by atoms with Gasteiger partial charge in [0.25, 0.3) is 5.89 Å². The second-order valence-corrected chi connectivity index (χ2v) is 4.87. The molecule has 0 fully saturated rings. The van der Waals surface area contributed by atoms with E-state index in [2.05, 4.69) is 10.2 Å². The first-order chi connectivity index (χ1) is 8.63. The zero-order valence-corrected chi connectivity index (χ0v) is 10.7. The summed E-state index contributed by atoms with van der Waals surface area (Å²) < 4.78 is 11.1. The van der Waals surface area contributed by atoms with Crippen molar-refractivity contribution in [3.63, 3.8) is 0 Å². The van der Waals surface area contributed by atoms with E-state index in [1.54, 1.807) is 6.92 Å². The Labute approximate surface area is 109 Å². The molecule has 5 heteroatoms. The zero-order valence-electron chi connectivity index (χ0n) is 9.98. The summed E-state index contributed by atoms with van der Waals surface area (Å²) in [6, 6.07) is 7.85. The Balaban J connectivity index is 2.07. The van der Waals surface area contributed by atoms with Gasteiger partial charge >= 0.3 is 0 Å². The van der Waals surface area contributed by atoms with Crippen molar-refractivity contribution in [2.45, 2.75) is 19.2 Å². The molecular weight excluding hydrogens is 252 g/mol. The van der Waals surface area contributed by atoms with Crippen molar-refractivity contribution < 1.29 is 8.83 Å². The molecule has 0 spiro atoms. The highest BCUT2D eigenvalue weighted by molar-refractivity contribution is 6.20. The Morgan fingerprint density at radius 2 is 2.00 bits per heavy atom. The number of fused-ring (bicyclic) bond motifs is 1. The maximum atomic E-state index is 5.88. The zero-order chi connectivity index (χ0) is 12.7. The minimum atomic E-state index is -0.308. The lowest BCUT2D eigenvalue weighted by molar-refractivity contribution is 0.488. The van der Waals surface area contributed by atoms with Gasteiger partial charge in [0.2, 0.25) is 5.89 Å². The van der Waals surface area contributed by atoms with Gasteiger partial charge in [-0.15, -0.1) is 21.8 Å².